The summed E-state index contributed by atoms with van der Waals surface area (Å²) in [4.78, 5) is 0. The molecule has 0 aliphatic heterocycles. The number of nitrogens with one attached hydrogen (secondary N) is 1. The normalized spacial score (nSPS) is 14.5. The van der Waals surface area contributed by atoms with Crippen molar-refractivity contribution in [2.24, 2.45) is 0 Å². The summed E-state index contributed by atoms with van der Waals surface area (Å²) in [6.07, 6.45) is 2.20. The van der Waals surface area contributed by atoms with Gasteiger partial charge in [0.2, 0.25) is 0 Å². The molecule has 0 bridgehead atoms. The van der Waals surface area contributed by atoms with E-state index >= 15 is 0 Å². The van der Waals surface area contributed by atoms with Crippen LogP contribution in [0.4, 0.5) is 11.4 Å². The third-order valence-corrected chi connectivity index (χ3v) is 3.70. The van der Waals surface area contributed by atoms with E-state index in [1.54, 1.807) is 0 Å². The van der Waals surface area contributed by atoms with Crippen LogP contribution in [-0.4, -0.2) is 6.04 Å². The Labute approximate surface area is 108 Å². The fourth-order valence-corrected chi connectivity index (χ4v) is 2.63. The van der Waals surface area contributed by atoms with Crippen molar-refractivity contribution < 1.29 is 0 Å². The van der Waals surface area contributed by atoms with E-state index in [1.165, 1.54) is 11.1 Å². The molecule has 0 heterocycles. The molecule has 92 valence electrons. The largest absolute Gasteiger partial charge is 0.398 e. The molecule has 0 saturated heterocycles. The van der Waals surface area contributed by atoms with Gasteiger partial charge < -0.3 is 11.1 Å². The molecule has 2 nitrogen and oxygen atoms in total. The maximum atomic E-state index is 5.94. The first-order valence-corrected chi connectivity index (χ1v) is 6.42. The third-order valence-electron chi connectivity index (χ3n) is 3.70. The van der Waals surface area contributed by atoms with Crippen molar-refractivity contribution in [2.75, 3.05) is 11.1 Å². The summed E-state index contributed by atoms with van der Waals surface area (Å²) in [6.45, 7) is 2.03. The lowest BCUT2D eigenvalue weighted by atomic mass is 10.1. The molecule has 0 aromatic heterocycles. The standard InChI is InChI=1S/C16H18N2/c1-11-6-7-14(10-16(11)17)18-15-8-12-4-2-3-5-13(12)9-15/h2-7,10,15,18H,8-9,17H2,1H3. The Bertz CT molecular complexity index is 550. The number of anilines is 2. The quantitative estimate of drug-likeness (QED) is 0.789. The first-order chi connectivity index (χ1) is 8.72. The summed E-state index contributed by atoms with van der Waals surface area (Å²) < 4.78 is 0. The molecule has 0 atom stereocenters. The molecule has 3 N–H and O–H groups in total. The maximum Gasteiger partial charge on any atom is 0.0364 e. The lowest BCUT2D eigenvalue weighted by molar-refractivity contribution is 0.774. The minimum absolute atomic E-state index is 0.490. The van der Waals surface area contributed by atoms with Crippen molar-refractivity contribution in [3.05, 3.63) is 59.2 Å². The van der Waals surface area contributed by atoms with Crippen LogP contribution in [0.15, 0.2) is 42.5 Å². The van der Waals surface area contributed by atoms with E-state index in [0.29, 0.717) is 6.04 Å². The van der Waals surface area contributed by atoms with E-state index in [1.807, 2.05) is 13.0 Å². The van der Waals surface area contributed by atoms with Crippen LogP contribution in [0.5, 0.6) is 0 Å². The summed E-state index contributed by atoms with van der Waals surface area (Å²) in [5.74, 6) is 0. The van der Waals surface area contributed by atoms with Gasteiger partial charge in [-0.15, -0.1) is 0 Å². The summed E-state index contributed by atoms with van der Waals surface area (Å²) in [5, 5.41) is 3.58. The molecule has 0 spiro atoms. The van der Waals surface area contributed by atoms with Crippen molar-refractivity contribution in [1.82, 2.24) is 0 Å². The van der Waals surface area contributed by atoms with Gasteiger partial charge in [-0.25, -0.2) is 0 Å². The highest BCUT2D eigenvalue weighted by atomic mass is 14.9. The zero-order valence-electron chi connectivity index (χ0n) is 10.6. The van der Waals surface area contributed by atoms with Gasteiger partial charge in [-0.3, -0.25) is 0 Å². The summed E-state index contributed by atoms with van der Waals surface area (Å²) in [6, 6.07) is 15.4. The van der Waals surface area contributed by atoms with Gasteiger partial charge in [0.05, 0.1) is 0 Å². The Morgan fingerprint density at radius 2 is 1.72 bits per heavy atom. The highest BCUT2D eigenvalue weighted by Crippen LogP contribution is 2.25. The molecule has 1 aliphatic carbocycles. The van der Waals surface area contributed by atoms with Crippen LogP contribution in [0.25, 0.3) is 0 Å². The van der Waals surface area contributed by atoms with Crippen LogP contribution < -0.4 is 11.1 Å². The Kier molecular flexibility index (Phi) is 2.71. The summed E-state index contributed by atoms with van der Waals surface area (Å²) in [5.41, 5.74) is 12.0. The Morgan fingerprint density at radius 3 is 2.33 bits per heavy atom. The Balaban J connectivity index is 1.74. The van der Waals surface area contributed by atoms with Gasteiger partial charge in [-0.05, 0) is 48.6 Å². The minimum atomic E-state index is 0.490. The highest BCUT2D eigenvalue weighted by Gasteiger charge is 2.20. The van der Waals surface area contributed by atoms with Crippen molar-refractivity contribution in [3.8, 4) is 0 Å². The van der Waals surface area contributed by atoms with Gasteiger partial charge in [0.25, 0.3) is 0 Å². The summed E-state index contributed by atoms with van der Waals surface area (Å²) in [7, 11) is 0. The molecule has 2 heteroatoms. The van der Waals surface area contributed by atoms with Crippen molar-refractivity contribution >= 4 is 11.4 Å². The Hall–Kier alpha value is -1.96. The van der Waals surface area contributed by atoms with Crippen molar-refractivity contribution in [2.45, 2.75) is 25.8 Å². The van der Waals surface area contributed by atoms with Crippen LogP contribution in [0.1, 0.15) is 16.7 Å². The molecule has 0 radical (unpaired) electrons. The zero-order chi connectivity index (χ0) is 12.5. The van der Waals surface area contributed by atoms with E-state index in [4.69, 9.17) is 5.73 Å². The number of nitrogens with two attached hydrogens (primary N) is 1. The molecule has 0 fully saturated rings. The first kappa shape index (κ1) is 11.1. The second-order valence-electron chi connectivity index (χ2n) is 5.09. The lowest BCUT2D eigenvalue weighted by Crippen LogP contribution is -2.19. The molecule has 0 unspecified atom stereocenters. The first-order valence-electron chi connectivity index (χ1n) is 6.42. The van der Waals surface area contributed by atoms with Crippen LogP contribution in [0, 0.1) is 6.92 Å². The molecular formula is C16H18N2. The number of aryl methyl sites for hydroxylation is 1. The fraction of sp³-hybridized carbons (Fsp3) is 0.250. The van der Waals surface area contributed by atoms with Crippen molar-refractivity contribution in [3.63, 3.8) is 0 Å². The van der Waals surface area contributed by atoms with E-state index < -0.39 is 0 Å². The minimum Gasteiger partial charge on any atom is -0.398 e. The van der Waals surface area contributed by atoms with Gasteiger partial charge in [0.1, 0.15) is 0 Å². The highest BCUT2D eigenvalue weighted by molar-refractivity contribution is 5.59. The van der Waals surface area contributed by atoms with E-state index in [-0.39, 0.29) is 0 Å². The fourth-order valence-electron chi connectivity index (χ4n) is 2.63. The van der Waals surface area contributed by atoms with Crippen LogP contribution in [0.3, 0.4) is 0 Å². The topological polar surface area (TPSA) is 38.0 Å². The van der Waals surface area contributed by atoms with Gasteiger partial charge >= 0.3 is 0 Å². The molecule has 2 aromatic rings. The van der Waals surface area contributed by atoms with Gasteiger partial charge in [-0.2, -0.15) is 0 Å². The second-order valence-corrected chi connectivity index (χ2v) is 5.09. The number of nitrogen functional groups attached to an aromatic ring is 1. The number of fused-ring (bicyclic) bond motifs is 1. The molecule has 3 rings (SSSR count). The molecule has 0 amide bonds. The predicted octanol–water partition coefficient (Wildman–Crippen LogP) is 3.16. The van der Waals surface area contributed by atoms with Gasteiger partial charge in [-0.1, -0.05) is 30.3 Å². The maximum absolute atomic E-state index is 5.94. The summed E-state index contributed by atoms with van der Waals surface area (Å²) >= 11 is 0. The number of hydrogen-bond donors (Lipinski definition) is 2. The van der Waals surface area contributed by atoms with E-state index in [0.717, 1.165) is 29.8 Å². The SMILES string of the molecule is Cc1ccc(NC2Cc3ccccc3C2)cc1N. The Morgan fingerprint density at radius 1 is 1.06 bits per heavy atom. The van der Waals surface area contributed by atoms with Crippen LogP contribution in [-0.2, 0) is 12.8 Å². The lowest BCUT2D eigenvalue weighted by Gasteiger charge is -2.14. The average Bonchev–Trinajstić information content (AvgIpc) is 2.76. The van der Waals surface area contributed by atoms with Gasteiger partial charge in [0, 0.05) is 17.4 Å². The van der Waals surface area contributed by atoms with Crippen molar-refractivity contribution in [1.29, 1.82) is 0 Å². The number of benzene rings is 2. The molecule has 2 aromatic carbocycles. The van der Waals surface area contributed by atoms with E-state index in [9.17, 15) is 0 Å². The van der Waals surface area contributed by atoms with E-state index in [2.05, 4.69) is 41.7 Å². The smallest absolute Gasteiger partial charge is 0.0364 e. The average molecular weight is 238 g/mol. The molecular weight excluding hydrogens is 220 g/mol. The monoisotopic (exact) mass is 238 g/mol. The molecule has 18 heavy (non-hydrogen) atoms. The van der Waals surface area contributed by atoms with Crippen LogP contribution in [0.2, 0.25) is 0 Å². The third kappa shape index (κ3) is 2.06. The molecule has 0 saturated carbocycles. The molecule has 1 aliphatic rings. The predicted molar refractivity (Wildman–Crippen MR) is 76.9 cm³/mol. The number of rotatable bonds is 2. The number of hydrogen-bond acceptors (Lipinski definition) is 2. The zero-order valence-corrected chi connectivity index (χ0v) is 10.6. The van der Waals surface area contributed by atoms with Gasteiger partial charge in [0.15, 0.2) is 0 Å². The van der Waals surface area contributed by atoms with Crippen LogP contribution >= 0.6 is 0 Å². The second kappa shape index (κ2) is 4.37.